The summed E-state index contributed by atoms with van der Waals surface area (Å²) in [4.78, 5) is 19.0. The lowest BCUT2D eigenvalue weighted by Gasteiger charge is -2.20. The molecule has 1 aliphatic heterocycles. The Morgan fingerprint density at radius 1 is 1.32 bits per heavy atom. The maximum atomic E-state index is 13.2. The zero-order valence-electron chi connectivity index (χ0n) is 16.8. The zero-order chi connectivity index (χ0) is 21.2. The van der Waals surface area contributed by atoms with E-state index >= 15 is 0 Å². The smallest absolute Gasteiger partial charge is 0.253 e. The summed E-state index contributed by atoms with van der Waals surface area (Å²) in [5.41, 5.74) is 3.67. The Bertz CT molecular complexity index is 1160. The van der Waals surface area contributed by atoms with Gasteiger partial charge in [-0.1, -0.05) is 17.8 Å². The molecule has 5 rings (SSSR count). The lowest BCUT2D eigenvalue weighted by atomic mass is 9.95. The number of hydrogen-bond acceptors (Lipinski definition) is 7. The highest BCUT2D eigenvalue weighted by Crippen LogP contribution is 2.35. The minimum absolute atomic E-state index is 0.124. The minimum Gasteiger partial charge on any atom is -0.467 e. The molecule has 2 aliphatic rings. The van der Waals surface area contributed by atoms with Crippen molar-refractivity contribution in [3.05, 3.63) is 69.4 Å². The van der Waals surface area contributed by atoms with Gasteiger partial charge in [0.25, 0.3) is 5.91 Å². The molecular weight excluding hydrogens is 428 g/mol. The average molecular weight is 449 g/mol. The van der Waals surface area contributed by atoms with Crippen molar-refractivity contribution < 1.29 is 9.21 Å². The van der Waals surface area contributed by atoms with Crippen LogP contribution in [0, 0.1) is 11.3 Å². The monoisotopic (exact) mass is 448 g/mol. The first kappa shape index (κ1) is 20.0. The molecule has 3 aromatic rings. The van der Waals surface area contributed by atoms with Crippen LogP contribution in [-0.2, 0) is 17.6 Å². The van der Waals surface area contributed by atoms with Crippen molar-refractivity contribution in [2.75, 3.05) is 5.75 Å². The number of aromatic nitrogens is 1. The summed E-state index contributed by atoms with van der Waals surface area (Å²) in [6.07, 6.45) is 6.40. The maximum absolute atomic E-state index is 13.2. The second-order valence-corrected chi connectivity index (χ2v) is 9.46. The standard InChI is InChI=1S/C23H20N4O2S2/c24-13-16-11-15-5-1-2-6-17(15)25-23(16)31-14-22(28)27-19(20-7-3-9-29-20)12-18(26-27)21-8-4-10-30-21/h3-4,7-11,19H,1-2,5-6,12,14H2. The predicted octanol–water partition coefficient (Wildman–Crippen LogP) is 4.96. The molecule has 0 saturated carbocycles. The first-order valence-electron chi connectivity index (χ1n) is 10.3. The number of pyridine rings is 1. The number of fused-ring (bicyclic) bond motifs is 1. The van der Waals surface area contributed by atoms with Crippen LogP contribution in [0.15, 0.2) is 56.5 Å². The van der Waals surface area contributed by atoms with Gasteiger partial charge in [0.15, 0.2) is 0 Å². The Balaban J connectivity index is 1.37. The Morgan fingerprint density at radius 3 is 3.00 bits per heavy atom. The van der Waals surface area contributed by atoms with Crippen LogP contribution in [0.4, 0.5) is 0 Å². The van der Waals surface area contributed by atoms with Crippen LogP contribution in [-0.4, -0.2) is 27.4 Å². The second-order valence-electron chi connectivity index (χ2n) is 7.55. The molecule has 1 amide bonds. The van der Waals surface area contributed by atoms with Gasteiger partial charge in [-0.15, -0.1) is 11.3 Å². The number of carbonyl (C=O) groups is 1. The quantitative estimate of drug-likeness (QED) is 0.516. The molecule has 0 fully saturated rings. The van der Waals surface area contributed by atoms with Crippen molar-refractivity contribution in [1.29, 1.82) is 5.26 Å². The van der Waals surface area contributed by atoms with E-state index in [9.17, 15) is 10.1 Å². The Hall–Kier alpha value is -2.89. The number of nitrogens with zero attached hydrogens (tertiary/aromatic N) is 4. The van der Waals surface area contributed by atoms with Crippen molar-refractivity contribution in [3.63, 3.8) is 0 Å². The third kappa shape index (κ3) is 4.03. The van der Waals surface area contributed by atoms with Gasteiger partial charge in [-0.3, -0.25) is 4.79 Å². The third-order valence-electron chi connectivity index (χ3n) is 5.56. The minimum atomic E-state index is -0.257. The van der Waals surface area contributed by atoms with Crippen LogP contribution in [0.25, 0.3) is 0 Å². The van der Waals surface area contributed by atoms with Gasteiger partial charge in [0, 0.05) is 12.1 Å². The van der Waals surface area contributed by atoms with E-state index in [1.807, 2.05) is 35.7 Å². The summed E-state index contributed by atoms with van der Waals surface area (Å²) >= 11 is 2.93. The van der Waals surface area contributed by atoms with Gasteiger partial charge in [0.1, 0.15) is 22.9 Å². The van der Waals surface area contributed by atoms with Crippen molar-refractivity contribution in [2.24, 2.45) is 5.10 Å². The first-order chi connectivity index (χ1) is 15.2. The number of hydrazone groups is 1. The molecule has 156 valence electrons. The average Bonchev–Trinajstić information content (AvgIpc) is 3.56. The molecule has 0 spiro atoms. The van der Waals surface area contributed by atoms with Crippen LogP contribution in [0.1, 0.15) is 52.8 Å². The topological polar surface area (TPSA) is 82.5 Å². The maximum Gasteiger partial charge on any atom is 0.253 e. The molecular formula is C23H20N4O2S2. The number of carbonyl (C=O) groups excluding carboxylic acids is 1. The molecule has 1 atom stereocenters. The zero-order valence-corrected chi connectivity index (χ0v) is 18.4. The van der Waals surface area contributed by atoms with Crippen molar-refractivity contribution >= 4 is 34.7 Å². The molecule has 1 unspecified atom stereocenters. The molecule has 0 N–H and O–H groups in total. The fourth-order valence-corrected chi connectivity index (χ4v) is 5.58. The molecule has 0 aromatic carbocycles. The molecule has 8 heteroatoms. The molecule has 1 aliphatic carbocycles. The van der Waals surface area contributed by atoms with Crippen molar-refractivity contribution in [2.45, 2.75) is 43.2 Å². The highest BCUT2D eigenvalue weighted by molar-refractivity contribution is 8.00. The molecule has 6 nitrogen and oxygen atoms in total. The largest absolute Gasteiger partial charge is 0.467 e. The molecule has 31 heavy (non-hydrogen) atoms. The number of hydrogen-bond donors (Lipinski definition) is 0. The molecule has 4 heterocycles. The van der Waals surface area contributed by atoms with Gasteiger partial charge in [0.05, 0.1) is 28.2 Å². The van der Waals surface area contributed by atoms with E-state index in [4.69, 9.17) is 9.40 Å². The van der Waals surface area contributed by atoms with Gasteiger partial charge in [-0.25, -0.2) is 9.99 Å². The molecule has 0 bridgehead atoms. The van der Waals surface area contributed by atoms with Gasteiger partial charge in [-0.2, -0.15) is 10.4 Å². The summed E-state index contributed by atoms with van der Waals surface area (Å²) < 4.78 is 5.60. The molecule has 0 saturated heterocycles. The Morgan fingerprint density at radius 2 is 2.23 bits per heavy atom. The Kier molecular flexibility index (Phi) is 5.62. The van der Waals surface area contributed by atoms with Gasteiger partial charge in [-0.05, 0) is 60.9 Å². The van der Waals surface area contributed by atoms with Crippen LogP contribution < -0.4 is 0 Å². The number of nitriles is 1. The predicted molar refractivity (Wildman–Crippen MR) is 120 cm³/mol. The van der Waals surface area contributed by atoms with E-state index in [1.165, 1.54) is 22.3 Å². The number of thiophene rings is 1. The second kappa shape index (κ2) is 8.69. The van der Waals surface area contributed by atoms with Gasteiger partial charge >= 0.3 is 0 Å². The number of furan rings is 1. The molecule has 0 radical (unpaired) electrons. The van der Waals surface area contributed by atoms with Crippen molar-refractivity contribution in [3.8, 4) is 6.07 Å². The van der Waals surface area contributed by atoms with E-state index in [0.29, 0.717) is 17.0 Å². The van der Waals surface area contributed by atoms with Crippen LogP contribution in [0.3, 0.4) is 0 Å². The molecule has 3 aromatic heterocycles. The third-order valence-corrected chi connectivity index (χ3v) is 7.46. The highest BCUT2D eigenvalue weighted by Gasteiger charge is 2.35. The SMILES string of the molecule is N#Cc1cc2c(nc1SCC(=O)N1N=C(c3cccs3)CC1c1ccco1)CCCC2. The highest BCUT2D eigenvalue weighted by atomic mass is 32.2. The van der Waals surface area contributed by atoms with Crippen molar-refractivity contribution in [1.82, 2.24) is 9.99 Å². The van der Waals surface area contributed by atoms with E-state index in [1.54, 1.807) is 17.6 Å². The fourth-order valence-electron chi connectivity index (χ4n) is 4.04. The Labute approximate surface area is 188 Å². The summed E-state index contributed by atoms with van der Waals surface area (Å²) in [5.74, 6) is 0.762. The van der Waals surface area contributed by atoms with E-state index < -0.39 is 0 Å². The van der Waals surface area contributed by atoms with E-state index in [0.717, 1.165) is 47.7 Å². The van der Waals surface area contributed by atoms with Crippen LogP contribution in [0.5, 0.6) is 0 Å². The van der Waals surface area contributed by atoms with Gasteiger partial charge in [0.2, 0.25) is 0 Å². The normalized spacial score (nSPS) is 17.8. The lowest BCUT2D eigenvalue weighted by Crippen LogP contribution is -2.28. The number of aryl methyl sites for hydroxylation is 2. The van der Waals surface area contributed by atoms with Crippen LogP contribution >= 0.6 is 23.1 Å². The number of rotatable bonds is 5. The van der Waals surface area contributed by atoms with E-state index in [-0.39, 0.29) is 17.7 Å². The lowest BCUT2D eigenvalue weighted by molar-refractivity contribution is -0.130. The van der Waals surface area contributed by atoms with E-state index in [2.05, 4.69) is 11.2 Å². The number of thioether (sulfide) groups is 1. The van der Waals surface area contributed by atoms with Crippen LogP contribution in [0.2, 0.25) is 0 Å². The van der Waals surface area contributed by atoms with Gasteiger partial charge < -0.3 is 4.42 Å². The summed E-state index contributed by atoms with van der Waals surface area (Å²) in [6, 6.07) is 11.6. The number of amides is 1. The summed E-state index contributed by atoms with van der Waals surface area (Å²) in [6.45, 7) is 0. The summed E-state index contributed by atoms with van der Waals surface area (Å²) in [7, 11) is 0. The first-order valence-corrected chi connectivity index (χ1v) is 12.1. The fraction of sp³-hybridized carbons (Fsp3) is 0.304. The summed E-state index contributed by atoms with van der Waals surface area (Å²) in [5, 5.41) is 18.4.